The summed E-state index contributed by atoms with van der Waals surface area (Å²) in [6, 6.07) is 1.89. The molecule has 0 amide bonds. The first-order chi connectivity index (χ1) is 9.99. The second kappa shape index (κ2) is 6.26. The summed E-state index contributed by atoms with van der Waals surface area (Å²) in [6.45, 7) is 5.92. The van der Waals surface area contributed by atoms with Gasteiger partial charge < -0.3 is 10.5 Å². The number of nitrogens with two attached hydrogens (primary N) is 1. The summed E-state index contributed by atoms with van der Waals surface area (Å²) in [6.07, 6.45) is 2.33. The van der Waals surface area contributed by atoms with E-state index in [1.807, 2.05) is 19.9 Å². The van der Waals surface area contributed by atoms with Crippen LogP contribution < -0.4 is 5.73 Å². The molecule has 2 aromatic rings. The second-order valence-electron chi connectivity index (χ2n) is 4.46. The molecule has 0 unspecified atom stereocenters. The maximum absolute atomic E-state index is 11.9. The summed E-state index contributed by atoms with van der Waals surface area (Å²) in [5.74, 6) is 1.04. The lowest BCUT2D eigenvalue weighted by atomic mass is 10.3. The van der Waals surface area contributed by atoms with Crippen molar-refractivity contribution >= 4 is 27.7 Å². The van der Waals surface area contributed by atoms with E-state index in [1.165, 1.54) is 0 Å². The SMILES string of the molecule is CCOC(=O)c1nc(CC)n(-c2cc(C)c(Br)cn2)c1N. The molecule has 0 radical (unpaired) electrons. The van der Waals surface area contributed by atoms with Crippen molar-refractivity contribution < 1.29 is 9.53 Å². The van der Waals surface area contributed by atoms with E-state index in [4.69, 9.17) is 10.5 Å². The van der Waals surface area contributed by atoms with Crippen molar-refractivity contribution in [2.75, 3.05) is 12.3 Å². The van der Waals surface area contributed by atoms with Gasteiger partial charge in [-0.15, -0.1) is 0 Å². The van der Waals surface area contributed by atoms with Crippen molar-refractivity contribution in [1.82, 2.24) is 14.5 Å². The van der Waals surface area contributed by atoms with Gasteiger partial charge in [-0.2, -0.15) is 0 Å². The number of aromatic nitrogens is 3. The zero-order valence-electron chi connectivity index (χ0n) is 12.2. The Labute approximate surface area is 131 Å². The summed E-state index contributed by atoms with van der Waals surface area (Å²) in [7, 11) is 0. The summed E-state index contributed by atoms with van der Waals surface area (Å²) < 4.78 is 7.57. The zero-order chi connectivity index (χ0) is 15.6. The molecule has 21 heavy (non-hydrogen) atoms. The molecule has 0 atom stereocenters. The molecule has 7 heteroatoms. The minimum absolute atomic E-state index is 0.135. The number of rotatable bonds is 4. The van der Waals surface area contributed by atoms with E-state index >= 15 is 0 Å². The second-order valence-corrected chi connectivity index (χ2v) is 5.32. The third kappa shape index (κ3) is 2.92. The highest BCUT2D eigenvalue weighted by Crippen LogP contribution is 2.23. The van der Waals surface area contributed by atoms with Crippen LogP contribution in [0, 0.1) is 6.92 Å². The molecule has 2 N–H and O–H groups in total. The van der Waals surface area contributed by atoms with Gasteiger partial charge in [0.2, 0.25) is 0 Å². The Morgan fingerprint density at radius 2 is 2.19 bits per heavy atom. The van der Waals surface area contributed by atoms with E-state index in [0.29, 0.717) is 18.1 Å². The number of aryl methyl sites for hydroxylation is 2. The maximum atomic E-state index is 11.9. The monoisotopic (exact) mass is 352 g/mol. The lowest BCUT2D eigenvalue weighted by molar-refractivity contribution is 0.0521. The van der Waals surface area contributed by atoms with Gasteiger partial charge in [0.1, 0.15) is 17.5 Å². The fourth-order valence-electron chi connectivity index (χ4n) is 1.97. The molecule has 0 bridgehead atoms. The topological polar surface area (TPSA) is 83.0 Å². The van der Waals surface area contributed by atoms with Gasteiger partial charge >= 0.3 is 5.97 Å². The van der Waals surface area contributed by atoms with Gasteiger partial charge in [0, 0.05) is 17.1 Å². The number of anilines is 1. The standard InChI is InChI=1S/C14H17BrN4O2/c1-4-10-18-12(14(20)21-5-2)13(16)19(10)11-6-8(3)9(15)7-17-11/h6-7H,4-5,16H2,1-3H3. The number of esters is 1. The van der Waals surface area contributed by atoms with Gasteiger partial charge in [-0.05, 0) is 41.4 Å². The van der Waals surface area contributed by atoms with Crippen LogP contribution in [0.2, 0.25) is 0 Å². The third-order valence-electron chi connectivity index (χ3n) is 3.03. The van der Waals surface area contributed by atoms with E-state index < -0.39 is 5.97 Å². The third-order valence-corrected chi connectivity index (χ3v) is 3.86. The molecule has 0 saturated carbocycles. The Morgan fingerprint density at radius 1 is 1.48 bits per heavy atom. The number of ether oxygens (including phenoxy) is 1. The minimum atomic E-state index is -0.516. The van der Waals surface area contributed by atoms with Gasteiger partial charge in [-0.3, -0.25) is 4.57 Å². The highest BCUT2D eigenvalue weighted by molar-refractivity contribution is 9.10. The van der Waals surface area contributed by atoms with E-state index in [9.17, 15) is 4.79 Å². The van der Waals surface area contributed by atoms with Crippen molar-refractivity contribution in [2.45, 2.75) is 27.2 Å². The number of halogens is 1. The maximum Gasteiger partial charge on any atom is 0.360 e. The number of carbonyl (C=O) groups excluding carboxylic acids is 1. The fourth-order valence-corrected chi connectivity index (χ4v) is 2.19. The van der Waals surface area contributed by atoms with Crippen LogP contribution in [0.4, 0.5) is 5.82 Å². The molecule has 112 valence electrons. The van der Waals surface area contributed by atoms with E-state index in [0.717, 1.165) is 10.0 Å². The van der Waals surface area contributed by atoms with Gasteiger partial charge in [0.25, 0.3) is 0 Å². The predicted molar refractivity (Wildman–Crippen MR) is 83.5 cm³/mol. The Morgan fingerprint density at radius 3 is 2.76 bits per heavy atom. The fraction of sp³-hybridized carbons (Fsp3) is 0.357. The molecule has 0 fully saturated rings. The van der Waals surface area contributed by atoms with Crippen molar-refractivity contribution in [3.8, 4) is 5.82 Å². The van der Waals surface area contributed by atoms with Crippen molar-refractivity contribution in [1.29, 1.82) is 0 Å². The number of carbonyl (C=O) groups is 1. The van der Waals surface area contributed by atoms with E-state index in [2.05, 4.69) is 25.9 Å². The average molecular weight is 353 g/mol. The molecule has 6 nitrogen and oxygen atoms in total. The summed E-state index contributed by atoms with van der Waals surface area (Å²) in [5, 5.41) is 0. The molecule has 0 aliphatic carbocycles. The number of nitrogens with zero attached hydrogens (tertiary/aromatic N) is 3. The molecule has 2 rings (SSSR count). The molecule has 0 aliphatic heterocycles. The van der Waals surface area contributed by atoms with Crippen LogP contribution >= 0.6 is 15.9 Å². The van der Waals surface area contributed by atoms with Gasteiger partial charge in [-0.1, -0.05) is 6.92 Å². The quantitative estimate of drug-likeness (QED) is 0.855. The minimum Gasteiger partial charge on any atom is -0.461 e. The normalized spacial score (nSPS) is 10.7. The molecule has 2 heterocycles. The summed E-state index contributed by atoms with van der Waals surface area (Å²) >= 11 is 3.41. The average Bonchev–Trinajstić information content (AvgIpc) is 2.79. The molecule has 0 aromatic carbocycles. The zero-order valence-corrected chi connectivity index (χ0v) is 13.8. The first-order valence-corrected chi connectivity index (χ1v) is 7.45. The van der Waals surface area contributed by atoms with Crippen LogP contribution in [-0.4, -0.2) is 27.1 Å². The highest BCUT2D eigenvalue weighted by Gasteiger charge is 2.22. The van der Waals surface area contributed by atoms with E-state index in [-0.39, 0.29) is 18.1 Å². The van der Waals surface area contributed by atoms with Crippen molar-refractivity contribution in [3.05, 3.63) is 33.8 Å². The van der Waals surface area contributed by atoms with Crippen LogP contribution in [0.15, 0.2) is 16.7 Å². The number of hydrogen-bond donors (Lipinski definition) is 1. The van der Waals surface area contributed by atoms with Gasteiger partial charge in [0.05, 0.1) is 6.61 Å². The van der Waals surface area contributed by atoms with E-state index in [1.54, 1.807) is 17.7 Å². The molecule has 2 aromatic heterocycles. The highest BCUT2D eigenvalue weighted by atomic mass is 79.9. The Hall–Kier alpha value is -1.89. The number of imidazole rings is 1. The number of pyridine rings is 1. The molecule has 0 saturated heterocycles. The molecular weight excluding hydrogens is 336 g/mol. The molecule has 0 aliphatic rings. The first-order valence-electron chi connectivity index (χ1n) is 6.66. The molecular formula is C14H17BrN4O2. The molecule has 0 spiro atoms. The largest absolute Gasteiger partial charge is 0.461 e. The Bertz CT molecular complexity index is 682. The smallest absolute Gasteiger partial charge is 0.360 e. The van der Waals surface area contributed by atoms with Crippen LogP contribution in [0.5, 0.6) is 0 Å². The lowest BCUT2D eigenvalue weighted by Crippen LogP contribution is -2.10. The number of nitrogen functional groups attached to an aromatic ring is 1. The van der Waals surface area contributed by atoms with Gasteiger partial charge in [0.15, 0.2) is 5.69 Å². The summed E-state index contributed by atoms with van der Waals surface area (Å²) in [5.41, 5.74) is 7.24. The van der Waals surface area contributed by atoms with Crippen LogP contribution in [-0.2, 0) is 11.2 Å². The number of hydrogen-bond acceptors (Lipinski definition) is 5. The predicted octanol–water partition coefficient (Wildman–Crippen LogP) is 2.66. The van der Waals surface area contributed by atoms with Crippen LogP contribution in [0.25, 0.3) is 5.82 Å². The summed E-state index contributed by atoms with van der Waals surface area (Å²) in [4.78, 5) is 20.5. The van der Waals surface area contributed by atoms with Crippen molar-refractivity contribution in [3.63, 3.8) is 0 Å². The van der Waals surface area contributed by atoms with Gasteiger partial charge in [-0.25, -0.2) is 14.8 Å². The Balaban J connectivity index is 2.57. The first kappa shape index (κ1) is 15.5. The van der Waals surface area contributed by atoms with Crippen molar-refractivity contribution in [2.24, 2.45) is 0 Å². The lowest BCUT2D eigenvalue weighted by Gasteiger charge is -2.09. The van der Waals surface area contributed by atoms with Crippen LogP contribution in [0.3, 0.4) is 0 Å². The Kier molecular flexibility index (Phi) is 4.62. The van der Waals surface area contributed by atoms with Crippen LogP contribution in [0.1, 0.15) is 35.7 Å².